The van der Waals surface area contributed by atoms with Crippen molar-refractivity contribution in [3.05, 3.63) is 24.3 Å². The summed E-state index contributed by atoms with van der Waals surface area (Å²) >= 11 is 0. The van der Waals surface area contributed by atoms with E-state index in [9.17, 15) is 9.59 Å². The van der Waals surface area contributed by atoms with Crippen LogP contribution >= 0.6 is 0 Å². The van der Waals surface area contributed by atoms with Crippen LogP contribution in [0.15, 0.2) is 24.3 Å². The van der Waals surface area contributed by atoms with Gasteiger partial charge in [0.25, 0.3) is 0 Å². The van der Waals surface area contributed by atoms with E-state index in [0.29, 0.717) is 13.0 Å². The maximum absolute atomic E-state index is 12.5. The fourth-order valence-electron chi connectivity index (χ4n) is 2.72. The highest BCUT2D eigenvalue weighted by molar-refractivity contribution is 6.07. The minimum absolute atomic E-state index is 0.0260. The van der Waals surface area contributed by atoms with Gasteiger partial charge in [-0.3, -0.25) is 14.5 Å². The normalized spacial score (nSPS) is 16.7. The topological polar surface area (TPSA) is 58.6 Å². The molecule has 0 bridgehead atoms. The summed E-state index contributed by atoms with van der Waals surface area (Å²) in [5.41, 5.74) is 1.62. The second kappa shape index (κ2) is 8.56. The number of rotatable bonds is 8. The zero-order chi connectivity index (χ0) is 16.7. The van der Waals surface area contributed by atoms with Crippen molar-refractivity contribution in [2.45, 2.75) is 52.0 Å². The first kappa shape index (κ1) is 17.3. The number of carbonyl (C=O) groups is 2. The van der Waals surface area contributed by atoms with Crippen molar-refractivity contribution in [1.29, 1.82) is 0 Å². The molecular formula is C18H26N2O3. The Hall–Kier alpha value is -2.04. The van der Waals surface area contributed by atoms with Crippen LogP contribution in [0.25, 0.3) is 0 Å². The number of esters is 1. The number of anilines is 2. The molecule has 2 rings (SSSR count). The van der Waals surface area contributed by atoms with Crippen molar-refractivity contribution in [2.75, 3.05) is 23.4 Å². The summed E-state index contributed by atoms with van der Waals surface area (Å²) < 4.78 is 5.27. The Morgan fingerprint density at radius 3 is 2.74 bits per heavy atom. The Morgan fingerprint density at radius 1 is 1.22 bits per heavy atom. The first-order valence-electron chi connectivity index (χ1n) is 8.50. The number of benzene rings is 1. The molecule has 23 heavy (non-hydrogen) atoms. The number of nitrogens with zero attached hydrogens (tertiary/aromatic N) is 1. The summed E-state index contributed by atoms with van der Waals surface area (Å²) in [5, 5.41) is 3.22. The monoisotopic (exact) mass is 318 g/mol. The molecule has 1 heterocycles. The molecule has 1 aliphatic rings. The van der Waals surface area contributed by atoms with E-state index in [1.165, 1.54) is 4.90 Å². The highest BCUT2D eigenvalue weighted by atomic mass is 16.5. The summed E-state index contributed by atoms with van der Waals surface area (Å²) in [4.78, 5) is 26.1. The van der Waals surface area contributed by atoms with Gasteiger partial charge < -0.3 is 10.1 Å². The number of hydrogen-bond acceptors (Lipinski definition) is 4. The third-order valence-corrected chi connectivity index (χ3v) is 4.05. The molecule has 0 saturated carbocycles. The van der Waals surface area contributed by atoms with Crippen LogP contribution in [0.1, 0.15) is 46.0 Å². The smallest absolute Gasteiger partial charge is 0.326 e. The summed E-state index contributed by atoms with van der Waals surface area (Å²) in [6.45, 7) is 4.50. The molecule has 0 radical (unpaired) electrons. The quantitative estimate of drug-likeness (QED) is 0.590. The number of hydrogen-bond donors (Lipinski definition) is 1. The van der Waals surface area contributed by atoms with Crippen molar-refractivity contribution in [3.63, 3.8) is 0 Å². The predicted octanol–water partition coefficient (Wildman–Crippen LogP) is 3.35. The average Bonchev–Trinajstić information content (AvgIpc) is 2.57. The molecule has 1 aromatic rings. The molecule has 1 aliphatic heterocycles. The predicted molar refractivity (Wildman–Crippen MR) is 91.6 cm³/mol. The molecule has 126 valence electrons. The van der Waals surface area contributed by atoms with Gasteiger partial charge in [-0.15, -0.1) is 0 Å². The summed E-state index contributed by atoms with van der Waals surface area (Å²) in [6, 6.07) is 7.26. The number of para-hydroxylation sites is 2. The van der Waals surface area contributed by atoms with Crippen molar-refractivity contribution in [1.82, 2.24) is 0 Å². The van der Waals surface area contributed by atoms with Crippen LogP contribution in [0.3, 0.4) is 0 Å². The van der Waals surface area contributed by atoms with Crippen molar-refractivity contribution < 1.29 is 14.3 Å². The molecule has 0 spiro atoms. The molecule has 1 aromatic carbocycles. The Morgan fingerprint density at radius 2 is 2.00 bits per heavy atom. The van der Waals surface area contributed by atoms with Crippen LogP contribution in [-0.2, 0) is 14.3 Å². The van der Waals surface area contributed by atoms with Gasteiger partial charge in [0, 0.05) is 0 Å². The fourth-order valence-corrected chi connectivity index (χ4v) is 2.72. The molecule has 0 aliphatic carbocycles. The van der Waals surface area contributed by atoms with Crippen LogP contribution in [0.5, 0.6) is 0 Å². The van der Waals surface area contributed by atoms with E-state index in [1.54, 1.807) is 0 Å². The Labute approximate surface area is 138 Å². The number of carbonyl (C=O) groups excluding carboxylic acids is 2. The van der Waals surface area contributed by atoms with Gasteiger partial charge in [-0.05, 0) is 25.0 Å². The van der Waals surface area contributed by atoms with E-state index in [1.807, 2.05) is 31.2 Å². The minimum atomic E-state index is -0.346. The van der Waals surface area contributed by atoms with Gasteiger partial charge >= 0.3 is 5.97 Å². The van der Waals surface area contributed by atoms with Crippen LogP contribution < -0.4 is 10.2 Å². The molecule has 1 atom stereocenters. The Kier molecular flexibility index (Phi) is 6.44. The molecule has 1 unspecified atom stereocenters. The summed E-state index contributed by atoms with van der Waals surface area (Å²) in [6.07, 6.45) is 4.92. The Bertz CT molecular complexity index is 545. The van der Waals surface area contributed by atoms with Crippen LogP contribution in [0, 0.1) is 0 Å². The van der Waals surface area contributed by atoms with Gasteiger partial charge in [0.05, 0.1) is 18.0 Å². The first-order chi connectivity index (χ1) is 11.2. The van der Waals surface area contributed by atoms with E-state index in [0.717, 1.165) is 37.1 Å². The second-order valence-corrected chi connectivity index (χ2v) is 5.83. The lowest BCUT2D eigenvalue weighted by Gasteiger charge is -2.34. The average molecular weight is 318 g/mol. The van der Waals surface area contributed by atoms with E-state index in [2.05, 4.69) is 12.2 Å². The van der Waals surface area contributed by atoms with Crippen molar-refractivity contribution in [2.24, 2.45) is 0 Å². The van der Waals surface area contributed by atoms with E-state index >= 15 is 0 Å². The standard InChI is InChI=1S/C18H26N2O3/c1-3-5-6-9-12-23-17(21)13-20-16-11-8-7-10-15(16)19-14(4-2)18(20)22/h7-8,10-11,14,19H,3-6,9,12-13H2,1-2H3. The fraction of sp³-hybridized carbons (Fsp3) is 0.556. The number of unbranched alkanes of at least 4 members (excludes halogenated alkanes) is 3. The summed E-state index contributed by atoms with van der Waals surface area (Å²) in [5.74, 6) is -0.421. The lowest BCUT2D eigenvalue weighted by Crippen LogP contribution is -2.49. The number of nitrogens with one attached hydrogen (secondary N) is 1. The molecule has 0 saturated heterocycles. The van der Waals surface area contributed by atoms with Gasteiger partial charge in [-0.2, -0.15) is 0 Å². The van der Waals surface area contributed by atoms with Gasteiger partial charge in [-0.25, -0.2) is 0 Å². The second-order valence-electron chi connectivity index (χ2n) is 5.83. The van der Waals surface area contributed by atoms with Gasteiger partial charge in [-0.1, -0.05) is 45.2 Å². The van der Waals surface area contributed by atoms with Crippen LogP contribution in [-0.4, -0.2) is 31.1 Å². The summed E-state index contributed by atoms with van der Waals surface area (Å²) in [7, 11) is 0. The highest BCUT2D eigenvalue weighted by Crippen LogP contribution is 2.31. The molecule has 1 N–H and O–H groups in total. The van der Waals surface area contributed by atoms with Gasteiger partial charge in [0.2, 0.25) is 5.91 Å². The zero-order valence-electron chi connectivity index (χ0n) is 14.0. The highest BCUT2D eigenvalue weighted by Gasteiger charge is 2.32. The van der Waals surface area contributed by atoms with Crippen molar-refractivity contribution >= 4 is 23.3 Å². The molecule has 1 amide bonds. The lowest BCUT2D eigenvalue weighted by molar-refractivity contribution is -0.143. The molecule has 5 nitrogen and oxygen atoms in total. The lowest BCUT2D eigenvalue weighted by atomic mass is 10.1. The zero-order valence-corrected chi connectivity index (χ0v) is 14.0. The molecule has 5 heteroatoms. The number of amides is 1. The van der Waals surface area contributed by atoms with Crippen LogP contribution in [0.2, 0.25) is 0 Å². The third kappa shape index (κ3) is 4.47. The SMILES string of the molecule is CCCCCCOC(=O)CN1C(=O)C(CC)Nc2ccccc21. The third-order valence-electron chi connectivity index (χ3n) is 4.05. The van der Waals surface area contributed by atoms with Crippen LogP contribution in [0.4, 0.5) is 11.4 Å². The number of fused-ring (bicyclic) bond motifs is 1. The van der Waals surface area contributed by atoms with E-state index < -0.39 is 0 Å². The largest absolute Gasteiger partial charge is 0.464 e. The molecule has 0 aromatic heterocycles. The van der Waals surface area contributed by atoms with Gasteiger partial charge in [0.15, 0.2) is 0 Å². The maximum atomic E-state index is 12.5. The first-order valence-corrected chi connectivity index (χ1v) is 8.50. The van der Waals surface area contributed by atoms with E-state index in [4.69, 9.17) is 4.74 Å². The Balaban J connectivity index is 1.97. The molecular weight excluding hydrogens is 292 g/mol. The van der Waals surface area contributed by atoms with E-state index in [-0.39, 0.29) is 24.5 Å². The maximum Gasteiger partial charge on any atom is 0.326 e. The van der Waals surface area contributed by atoms with Gasteiger partial charge in [0.1, 0.15) is 12.6 Å². The molecule has 0 fully saturated rings. The number of ether oxygens (including phenoxy) is 1. The minimum Gasteiger partial charge on any atom is -0.464 e. The van der Waals surface area contributed by atoms with Crippen molar-refractivity contribution in [3.8, 4) is 0 Å².